The molecule has 0 spiro atoms. The minimum Gasteiger partial charge on any atom is -0.383 e. The number of rotatable bonds is 5. The fraction of sp³-hybridized carbons (Fsp3) is 0.545. The summed E-state index contributed by atoms with van der Waals surface area (Å²) in [5, 5.41) is 1.19. The van der Waals surface area contributed by atoms with Crippen LogP contribution in [-0.2, 0) is 0 Å². The summed E-state index contributed by atoms with van der Waals surface area (Å²) >= 11 is 7.71. The molecule has 1 heterocycles. The van der Waals surface area contributed by atoms with Crippen LogP contribution in [0, 0.1) is 0 Å². The van der Waals surface area contributed by atoms with Gasteiger partial charge in [-0.05, 0) is 12.5 Å². The van der Waals surface area contributed by atoms with Gasteiger partial charge in [-0.1, -0.05) is 25.4 Å². The molecule has 0 bridgehead atoms. The van der Waals surface area contributed by atoms with E-state index in [-0.39, 0.29) is 6.04 Å². The van der Waals surface area contributed by atoms with E-state index in [1.165, 1.54) is 6.20 Å². The highest BCUT2D eigenvalue weighted by molar-refractivity contribution is 7.99. The monoisotopic (exact) mass is 259 g/mol. The van der Waals surface area contributed by atoms with E-state index >= 15 is 0 Å². The quantitative estimate of drug-likeness (QED) is 0.854. The Balaban J connectivity index is 2.65. The maximum Gasteiger partial charge on any atom is 0.128 e. The molecule has 1 aromatic heterocycles. The largest absolute Gasteiger partial charge is 0.383 e. The van der Waals surface area contributed by atoms with E-state index in [0.717, 1.165) is 17.7 Å². The number of aromatic nitrogens is 1. The smallest absolute Gasteiger partial charge is 0.128 e. The van der Waals surface area contributed by atoms with Crippen LogP contribution in [-0.4, -0.2) is 16.0 Å². The van der Waals surface area contributed by atoms with Gasteiger partial charge in [0, 0.05) is 28.8 Å². The number of halogens is 1. The molecular formula is C11H18ClN3S. The summed E-state index contributed by atoms with van der Waals surface area (Å²) in [7, 11) is 0. The minimum atomic E-state index is -0.106. The van der Waals surface area contributed by atoms with Crippen molar-refractivity contribution in [2.45, 2.75) is 31.6 Å². The molecule has 0 aliphatic carbocycles. The Morgan fingerprint density at radius 3 is 2.88 bits per heavy atom. The Labute approximate surface area is 106 Å². The second-order valence-corrected chi connectivity index (χ2v) is 5.69. The highest BCUT2D eigenvalue weighted by Crippen LogP contribution is 2.25. The van der Waals surface area contributed by atoms with E-state index in [1.54, 1.807) is 6.07 Å². The van der Waals surface area contributed by atoms with E-state index in [0.29, 0.717) is 16.1 Å². The Hall–Kier alpha value is -0.450. The number of hydrogen-bond acceptors (Lipinski definition) is 4. The lowest BCUT2D eigenvalue weighted by Crippen LogP contribution is -2.17. The van der Waals surface area contributed by atoms with Crippen molar-refractivity contribution >= 4 is 29.2 Å². The van der Waals surface area contributed by atoms with Gasteiger partial charge >= 0.3 is 0 Å². The normalized spacial score (nSPS) is 14.8. The first-order valence-electron chi connectivity index (χ1n) is 5.32. The third-order valence-electron chi connectivity index (χ3n) is 2.45. The molecule has 1 rings (SSSR count). The summed E-state index contributed by atoms with van der Waals surface area (Å²) < 4.78 is 0. The average molecular weight is 260 g/mol. The zero-order chi connectivity index (χ0) is 12.1. The van der Waals surface area contributed by atoms with Gasteiger partial charge in [-0.3, -0.25) is 0 Å². The molecule has 0 aliphatic heterocycles. The third-order valence-corrected chi connectivity index (χ3v) is 4.11. The van der Waals surface area contributed by atoms with Crippen LogP contribution in [0.3, 0.4) is 0 Å². The number of hydrogen-bond donors (Lipinski definition) is 2. The first-order chi connectivity index (χ1) is 7.54. The number of nitrogen functional groups attached to an aromatic ring is 1. The summed E-state index contributed by atoms with van der Waals surface area (Å²) in [6.45, 7) is 4.36. The van der Waals surface area contributed by atoms with Gasteiger partial charge in [-0.15, -0.1) is 0 Å². The average Bonchev–Trinajstić information content (AvgIpc) is 2.28. The first kappa shape index (κ1) is 13.6. The molecule has 0 aromatic carbocycles. The van der Waals surface area contributed by atoms with Crippen molar-refractivity contribution in [1.29, 1.82) is 0 Å². The maximum absolute atomic E-state index is 6.07. The van der Waals surface area contributed by atoms with E-state index < -0.39 is 0 Å². The van der Waals surface area contributed by atoms with Crippen LogP contribution in [0.1, 0.15) is 31.9 Å². The van der Waals surface area contributed by atoms with Crippen molar-refractivity contribution in [2.24, 2.45) is 5.73 Å². The van der Waals surface area contributed by atoms with Gasteiger partial charge in [0.2, 0.25) is 0 Å². The lowest BCUT2D eigenvalue weighted by atomic mass is 10.1. The highest BCUT2D eigenvalue weighted by Gasteiger charge is 2.12. The van der Waals surface area contributed by atoms with Crippen molar-refractivity contribution < 1.29 is 0 Å². The van der Waals surface area contributed by atoms with Gasteiger partial charge in [0.15, 0.2) is 0 Å². The molecule has 0 fully saturated rings. The molecule has 16 heavy (non-hydrogen) atoms. The Morgan fingerprint density at radius 1 is 1.56 bits per heavy atom. The van der Waals surface area contributed by atoms with Crippen molar-refractivity contribution in [2.75, 3.05) is 11.5 Å². The molecule has 90 valence electrons. The van der Waals surface area contributed by atoms with E-state index in [1.807, 2.05) is 11.8 Å². The molecule has 2 unspecified atom stereocenters. The fourth-order valence-electron chi connectivity index (χ4n) is 1.24. The second kappa shape index (κ2) is 6.33. The Kier molecular flexibility index (Phi) is 5.38. The van der Waals surface area contributed by atoms with Gasteiger partial charge < -0.3 is 11.5 Å². The van der Waals surface area contributed by atoms with Crippen LogP contribution < -0.4 is 11.5 Å². The van der Waals surface area contributed by atoms with Crippen LogP contribution in [0.25, 0.3) is 0 Å². The summed E-state index contributed by atoms with van der Waals surface area (Å²) in [6.07, 6.45) is 2.68. The molecule has 3 nitrogen and oxygen atoms in total. The molecule has 5 heteroatoms. The van der Waals surface area contributed by atoms with Crippen LogP contribution in [0.5, 0.6) is 0 Å². The molecule has 0 saturated heterocycles. The van der Waals surface area contributed by atoms with Gasteiger partial charge in [0.25, 0.3) is 0 Å². The number of pyridine rings is 1. The molecule has 4 N–H and O–H groups in total. The number of nitrogens with zero attached hydrogens (tertiary/aromatic N) is 1. The lowest BCUT2D eigenvalue weighted by molar-refractivity contribution is 0.818. The first-order valence-corrected chi connectivity index (χ1v) is 6.75. The van der Waals surface area contributed by atoms with Gasteiger partial charge in [-0.25, -0.2) is 4.98 Å². The standard InChI is InChI=1S/C11H18ClN3S/c1-3-7(2)16-6-10(13)9-4-8(12)5-15-11(9)14/h4-5,7,10H,3,6,13H2,1-2H3,(H2,14,15). The predicted octanol–water partition coefficient (Wildman–Crippen LogP) is 2.85. The number of thioether (sulfide) groups is 1. The zero-order valence-corrected chi connectivity index (χ0v) is 11.2. The van der Waals surface area contributed by atoms with E-state index in [4.69, 9.17) is 23.1 Å². The van der Waals surface area contributed by atoms with Gasteiger partial charge in [0.1, 0.15) is 5.82 Å². The van der Waals surface area contributed by atoms with Gasteiger partial charge in [-0.2, -0.15) is 11.8 Å². The fourth-order valence-corrected chi connectivity index (χ4v) is 2.36. The van der Waals surface area contributed by atoms with Crippen LogP contribution >= 0.6 is 23.4 Å². The second-order valence-electron chi connectivity index (χ2n) is 3.79. The van der Waals surface area contributed by atoms with E-state index in [9.17, 15) is 0 Å². The van der Waals surface area contributed by atoms with E-state index in [2.05, 4.69) is 18.8 Å². The summed E-state index contributed by atoms with van der Waals surface area (Å²) in [4.78, 5) is 4.00. The predicted molar refractivity (Wildman–Crippen MR) is 72.8 cm³/mol. The molecular weight excluding hydrogens is 242 g/mol. The Bertz CT molecular complexity index is 346. The van der Waals surface area contributed by atoms with Crippen LogP contribution in [0.15, 0.2) is 12.3 Å². The van der Waals surface area contributed by atoms with Crippen LogP contribution in [0.2, 0.25) is 5.02 Å². The SMILES string of the molecule is CCC(C)SCC(N)c1cc(Cl)cnc1N. The molecule has 0 aliphatic rings. The molecule has 2 atom stereocenters. The van der Waals surface area contributed by atoms with Crippen molar-refractivity contribution in [3.05, 3.63) is 22.8 Å². The highest BCUT2D eigenvalue weighted by atomic mass is 35.5. The summed E-state index contributed by atoms with van der Waals surface area (Å²) in [5.74, 6) is 1.31. The number of anilines is 1. The topological polar surface area (TPSA) is 64.9 Å². The minimum absolute atomic E-state index is 0.106. The lowest BCUT2D eigenvalue weighted by Gasteiger charge is -2.16. The zero-order valence-electron chi connectivity index (χ0n) is 9.61. The molecule has 0 saturated carbocycles. The summed E-state index contributed by atoms with van der Waals surface area (Å²) in [6, 6.07) is 1.69. The molecule has 1 aromatic rings. The van der Waals surface area contributed by atoms with Crippen molar-refractivity contribution in [1.82, 2.24) is 4.98 Å². The molecule has 0 amide bonds. The summed E-state index contributed by atoms with van der Waals surface area (Å²) in [5.41, 5.74) is 12.7. The third kappa shape index (κ3) is 3.85. The van der Waals surface area contributed by atoms with Crippen LogP contribution in [0.4, 0.5) is 5.82 Å². The van der Waals surface area contributed by atoms with Crippen molar-refractivity contribution in [3.63, 3.8) is 0 Å². The number of nitrogens with two attached hydrogens (primary N) is 2. The Morgan fingerprint density at radius 2 is 2.25 bits per heavy atom. The maximum atomic E-state index is 6.07. The molecule has 0 radical (unpaired) electrons. The van der Waals surface area contributed by atoms with Gasteiger partial charge in [0.05, 0.1) is 5.02 Å². The van der Waals surface area contributed by atoms with Crippen molar-refractivity contribution in [3.8, 4) is 0 Å².